The Labute approximate surface area is 96.5 Å². The van der Waals surface area contributed by atoms with Gasteiger partial charge in [-0.3, -0.25) is 4.90 Å². The van der Waals surface area contributed by atoms with Crippen molar-refractivity contribution in [3.05, 3.63) is 17.5 Å². The maximum absolute atomic E-state index is 5.48. The normalized spacial score (nSPS) is 13.3. The van der Waals surface area contributed by atoms with Crippen LogP contribution < -0.4 is 5.73 Å². The van der Waals surface area contributed by atoms with Crippen molar-refractivity contribution in [1.29, 1.82) is 0 Å². The molecule has 0 fully saturated rings. The van der Waals surface area contributed by atoms with Crippen molar-refractivity contribution >= 4 is 0 Å². The van der Waals surface area contributed by atoms with Crippen molar-refractivity contribution in [2.24, 2.45) is 5.73 Å². The molecule has 0 aliphatic carbocycles. The summed E-state index contributed by atoms with van der Waals surface area (Å²) in [5.41, 5.74) is 6.27. The third-order valence-electron chi connectivity index (χ3n) is 2.61. The summed E-state index contributed by atoms with van der Waals surface area (Å²) in [5.74, 6) is 0.852. The van der Waals surface area contributed by atoms with Gasteiger partial charge in [-0.1, -0.05) is 12.1 Å². The zero-order valence-corrected chi connectivity index (χ0v) is 10.3. The molecule has 1 atom stereocenters. The van der Waals surface area contributed by atoms with Gasteiger partial charge in [-0.25, -0.2) is 0 Å². The van der Waals surface area contributed by atoms with Crippen LogP contribution in [0.2, 0.25) is 0 Å². The van der Waals surface area contributed by atoms with Gasteiger partial charge in [0.2, 0.25) is 0 Å². The lowest BCUT2D eigenvalue weighted by atomic mass is 10.2. The second-order valence-corrected chi connectivity index (χ2v) is 3.86. The molecule has 0 spiro atoms. The van der Waals surface area contributed by atoms with E-state index >= 15 is 0 Å². The fourth-order valence-corrected chi connectivity index (χ4v) is 1.65. The van der Waals surface area contributed by atoms with Gasteiger partial charge in [0, 0.05) is 25.8 Å². The van der Waals surface area contributed by atoms with Crippen LogP contribution in [-0.2, 0) is 17.8 Å². The second kappa shape index (κ2) is 6.62. The van der Waals surface area contributed by atoms with Gasteiger partial charge in [0.25, 0.3) is 0 Å². The summed E-state index contributed by atoms with van der Waals surface area (Å²) in [5, 5.41) is 3.87. The first-order valence-electron chi connectivity index (χ1n) is 5.58. The average Bonchev–Trinajstić information content (AvgIpc) is 2.73. The van der Waals surface area contributed by atoms with Gasteiger partial charge in [0.05, 0.1) is 18.8 Å². The molecule has 1 rings (SSSR count). The van der Waals surface area contributed by atoms with E-state index in [2.05, 4.69) is 23.9 Å². The zero-order chi connectivity index (χ0) is 12.0. The number of nitrogens with zero attached hydrogens (tertiary/aromatic N) is 2. The number of likely N-dealkylation sites (N-methyl/N-ethyl adjacent to an activating group) is 1. The highest BCUT2D eigenvalue weighted by atomic mass is 16.5. The molecule has 1 aromatic heterocycles. The van der Waals surface area contributed by atoms with Gasteiger partial charge in [0.15, 0.2) is 5.76 Å². The Hall–Kier alpha value is -0.910. The minimum atomic E-state index is 0.362. The monoisotopic (exact) mass is 227 g/mol. The number of aromatic nitrogens is 1. The molecule has 92 valence electrons. The van der Waals surface area contributed by atoms with E-state index in [0.29, 0.717) is 19.2 Å². The van der Waals surface area contributed by atoms with Gasteiger partial charge < -0.3 is 15.0 Å². The predicted molar refractivity (Wildman–Crippen MR) is 61.8 cm³/mol. The van der Waals surface area contributed by atoms with Gasteiger partial charge in [-0.05, 0) is 13.5 Å². The van der Waals surface area contributed by atoms with Crippen LogP contribution in [0.3, 0.4) is 0 Å². The number of methoxy groups -OCH3 is 1. The molecule has 0 saturated heterocycles. The van der Waals surface area contributed by atoms with Crippen molar-refractivity contribution in [1.82, 2.24) is 10.1 Å². The Bertz CT molecular complexity index is 301. The van der Waals surface area contributed by atoms with Crippen molar-refractivity contribution in [3.8, 4) is 0 Å². The lowest BCUT2D eigenvalue weighted by molar-refractivity contribution is 0.0920. The third-order valence-corrected chi connectivity index (χ3v) is 2.61. The highest BCUT2D eigenvalue weighted by Gasteiger charge is 2.14. The molecule has 0 aliphatic heterocycles. The molecule has 1 unspecified atom stereocenters. The summed E-state index contributed by atoms with van der Waals surface area (Å²) < 4.78 is 10.3. The first kappa shape index (κ1) is 13.2. The molecular formula is C11H21N3O2. The maximum atomic E-state index is 5.48. The molecule has 0 aliphatic rings. The molecule has 0 bridgehead atoms. The van der Waals surface area contributed by atoms with Crippen molar-refractivity contribution in [2.75, 3.05) is 20.3 Å². The number of rotatable bonds is 7. The lowest BCUT2D eigenvalue weighted by Gasteiger charge is -2.25. The minimum absolute atomic E-state index is 0.362. The first-order valence-corrected chi connectivity index (χ1v) is 5.58. The van der Waals surface area contributed by atoms with Crippen LogP contribution in [0, 0.1) is 0 Å². The van der Waals surface area contributed by atoms with Gasteiger partial charge in [-0.2, -0.15) is 0 Å². The van der Waals surface area contributed by atoms with Gasteiger partial charge >= 0.3 is 0 Å². The Morgan fingerprint density at radius 2 is 2.38 bits per heavy atom. The van der Waals surface area contributed by atoms with E-state index in [1.807, 2.05) is 6.07 Å². The van der Waals surface area contributed by atoms with E-state index in [0.717, 1.165) is 24.5 Å². The van der Waals surface area contributed by atoms with E-state index in [4.69, 9.17) is 15.0 Å². The maximum Gasteiger partial charge on any atom is 0.151 e. The van der Waals surface area contributed by atoms with Crippen molar-refractivity contribution in [3.63, 3.8) is 0 Å². The molecule has 0 saturated carbocycles. The number of hydrogen-bond donors (Lipinski definition) is 1. The summed E-state index contributed by atoms with van der Waals surface area (Å²) in [4.78, 5) is 2.27. The van der Waals surface area contributed by atoms with Crippen LogP contribution in [0.4, 0.5) is 0 Å². The summed E-state index contributed by atoms with van der Waals surface area (Å²) in [7, 11) is 1.71. The fourth-order valence-electron chi connectivity index (χ4n) is 1.65. The molecule has 0 amide bonds. The van der Waals surface area contributed by atoms with Crippen LogP contribution in [0.1, 0.15) is 25.3 Å². The Kier molecular flexibility index (Phi) is 5.45. The quantitative estimate of drug-likeness (QED) is 0.752. The van der Waals surface area contributed by atoms with Crippen LogP contribution >= 0.6 is 0 Å². The standard InChI is InChI=1S/C11H21N3O2/c1-4-14(9(2)8-15-3)7-11-5-10(6-12)13-16-11/h5,9H,4,6-8,12H2,1-3H3. The van der Waals surface area contributed by atoms with E-state index in [1.54, 1.807) is 7.11 Å². The molecule has 1 aromatic rings. The van der Waals surface area contributed by atoms with E-state index in [1.165, 1.54) is 0 Å². The molecule has 2 N–H and O–H groups in total. The second-order valence-electron chi connectivity index (χ2n) is 3.86. The highest BCUT2D eigenvalue weighted by Crippen LogP contribution is 2.09. The summed E-state index contributed by atoms with van der Waals surface area (Å²) >= 11 is 0. The van der Waals surface area contributed by atoms with E-state index in [-0.39, 0.29) is 0 Å². The van der Waals surface area contributed by atoms with Crippen LogP contribution in [0.5, 0.6) is 0 Å². The molecular weight excluding hydrogens is 206 g/mol. The lowest BCUT2D eigenvalue weighted by Crippen LogP contribution is -2.35. The summed E-state index contributed by atoms with van der Waals surface area (Å²) in [6.45, 7) is 7.08. The molecule has 0 radical (unpaired) electrons. The van der Waals surface area contributed by atoms with E-state index in [9.17, 15) is 0 Å². The number of hydrogen-bond acceptors (Lipinski definition) is 5. The summed E-state index contributed by atoms with van der Waals surface area (Å²) in [6, 6.07) is 2.27. The highest BCUT2D eigenvalue weighted by molar-refractivity contribution is 5.04. The SMILES string of the molecule is CCN(Cc1cc(CN)no1)C(C)COC. The van der Waals surface area contributed by atoms with Crippen LogP contribution in [0.15, 0.2) is 10.6 Å². The minimum Gasteiger partial charge on any atom is -0.383 e. The molecule has 5 nitrogen and oxygen atoms in total. The van der Waals surface area contributed by atoms with E-state index < -0.39 is 0 Å². The first-order chi connectivity index (χ1) is 7.71. The topological polar surface area (TPSA) is 64.5 Å². The van der Waals surface area contributed by atoms with Crippen molar-refractivity contribution in [2.45, 2.75) is 33.0 Å². The Balaban J connectivity index is 2.55. The van der Waals surface area contributed by atoms with Crippen LogP contribution in [-0.4, -0.2) is 36.4 Å². The average molecular weight is 227 g/mol. The Morgan fingerprint density at radius 1 is 1.62 bits per heavy atom. The van der Waals surface area contributed by atoms with Gasteiger partial charge in [0.1, 0.15) is 0 Å². The third kappa shape index (κ3) is 3.59. The molecule has 16 heavy (non-hydrogen) atoms. The Morgan fingerprint density at radius 3 is 2.88 bits per heavy atom. The number of ether oxygens (including phenoxy) is 1. The molecule has 0 aromatic carbocycles. The summed E-state index contributed by atoms with van der Waals surface area (Å²) in [6.07, 6.45) is 0. The molecule has 5 heteroatoms. The predicted octanol–water partition coefficient (Wildman–Crippen LogP) is 0.990. The largest absolute Gasteiger partial charge is 0.383 e. The number of nitrogens with two attached hydrogens (primary N) is 1. The smallest absolute Gasteiger partial charge is 0.151 e. The van der Waals surface area contributed by atoms with Crippen molar-refractivity contribution < 1.29 is 9.26 Å². The zero-order valence-electron chi connectivity index (χ0n) is 10.3. The fraction of sp³-hybridized carbons (Fsp3) is 0.727. The van der Waals surface area contributed by atoms with Gasteiger partial charge in [-0.15, -0.1) is 0 Å². The van der Waals surface area contributed by atoms with Crippen LogP contribution in [0.25, 0.3) is 0 Å². The molecule has 1 heterocycles.